The number of piperazine rings is 1. The molecule has 0 amide bonds. The molecule has 3 rings (SSSR count). The number of rotatable bonds is 3. The first-order valence-electron chi connectivity index (χ1n) is 6.51. The largest absolute Gasteiger partial charge is 0.369 e. The summed E-state index contributed by atoms with van der Waals surface area (Å²) in [5.74, 6) is 0. The monoisotopic (exact) mass is 294 g/mol. The van der Waals surface area contributed by atoms with Crippen molar-refractivity contribution in [1.82, 2.24) is 4.90 Å². The van der Waals surface area contributed by atoms with E-state index in [-0.39, 0.29) is 0 Å². The molecule has 17 heavy (non-hydrogen) atoms. The van der Waals surface area contributed by atoms with Crippen LogP contribution in [0.25, 0.3) is 0 Å². The van der Waals surface area contributed by atoms with Crippen LogP contribution in [0.1, 0.15) is 18.4 Å². The number of benzene rings is 1. The van der Waals surface area contributed by atoms with E-state index in [1.165, 1.54) is 50.3 Å². The average Bonchev–Trinajstić information content (AvgIpc) is 3.23. The van der Waals surface area contributed by atoms with Crippen molar-refractivity contribution in [3.8, 4) is 0 Å². The van der Waals surface area contributed by atoms with Crippen LogP contribution in [0, 0.1) is 0 Å². The number of hydrogen-bond acceptors (Lipinski definition) is 2. The minimum Gasteiger partial charge on any atom is -0.369 e. The van der Waals surface area contributed by atoms with Gasteiger partial charge in [0.15, 0.2) is 0 Å². The van der Waals surface area contributed by atoms with Crippen molar-refractivity contribution >= 4 is 21.6 Å². The molecule has 0 spiro atoms. The molecule has 0 bridgehead atoms. The highest BCUT2D eigenvalue weighted by Crippen LogP contribution is 2.29. The van der Waals surface area contributed by atoms with E-state index in [2.05, 4.69) is 50.0 Å². The van der Waals surface area contributed by atoms with Gasteiger partial charge in [-0.2, -0.15) is 0 Å². The number of para-hydroxylation sites is 1. The number of anilines is 1. The molecule has 2 fully saturated rings. The number of alkyl halides is 1. The summed E-state index contributed by atoms with van der Waals surface area (Å²) >= 11 is 3.58. The molecule has 3 heteroatoms. The van der Waals surface area contributed by atoms with Crippen molar-refractivity contribution in [2.75, 3.05) is 31.1 Å². The van der Waals surface area contributed by atoms with E-state index in [9.17, 15) is 0 Å². The third-order valence-electron chi connectivity index (χ3n) is 3.85. The van der Waals surface area contributed by atoms with Gasteiger partial charge in [0.25, 0.3) is 0 Å². The maximum absolute atomic E-state index is 3.58. The minimum atomic E-state index is 0.920. The molecule has 2 aliphatic rings. The topological polar surface area (TPSA) is 6.48 Å². The first kappa shape index (κ1) is 11.5. The van der Waals surface area contributed by atoms with Gasteiger partial charge in [0, 0.05) is 43.2 Å². The van der Waals surface area contributed by atoms with E-state index in [4.69, 9.17) is 0 Å². The normalized spacial score (nSPS) is 21.8. The number of hydrogen-bond donors (Lipinski definition) is 0. The molecule has 0 N–H and O–H groups in total. The highest BCUT2D eigenvalue weighted by Gasteiger charge is 2.31. The standard InChI is InChI=1S/C14H19BrN2/c15-11-12-3-1-2-4-14(12)17-9-7-16(8-10-17)13-5-6-13/h1-4,13H,5-11H2. The SMILES string of the molecule is BrCc1ccccc1N1CCN(C2CC2)CC1. The Morgan fingerprint density at radius 3 is 2.41 bits per heavy atom. The Kier molecular flexibility index (Phi) is 3.39. The summed E-state index contributed by atoms with van der Waals surface area (Å²) in [6.07, 6.45) is 2.86. The fourth-order valence-corrected chi connectivity index (χ4v) is 3.17. The molecule has 1 aliphatic carbocycles. The Balaban J connectivity index is 1.68. The molecule has 0 atom stereocenters. The fourth-order valence-electron chi connectivity index (χ4n) is 2.70. The van der Waals surface area contributed by atoms with Crippen LogP contribution >= 0.6 is 15.9 Å². The number of nitrogens with zero attached hydrogens (tertiary/aromatic N) is 2. The van der Waals surface area contributed by atoms with Gasteiger partial charge in [0.1, 0.15) is 0 Å². The molecule has 0 radical (unpaired) electrons. The highest BCUT2D eigenvalue weighted by molar-refractivity contribution is 9.08. The van der Waals surface area contributed by atoms with Gasteiger partial charge in [-0.1, -0.05) is 34.1 Å². The summed E-state index contributed by atoms with van der Waals surface area (Å²) in [4.78, 5) is 5.20. The highest BCUT2D eigenvalue weighted by atomic mass is 79.9. The van der Waals surface area contributed by atoms with Gasteiger partial charge in [-0.25, -0.2) is 0 Å². The second-order valence-corrected chi connectivity index (χ2v) is 5.58. The number of halogens is 1. The zero-order valence-electron chi connectivity index (χ0n) is 10.1. The fraction of sp³-hybridized carbons (Fsp3) is 0.571. The van der Waals surface area contributed by atoms with Gasteiger partial charge in [-0.15, -0.1) is 0 Å². The third kappa shape index (κ3) is 2.50. The van der Waals surface area contributed by atoms with Gasteiger partial charge < -0.3 is 4.90 Å². The summed E-state index contributed by atoms with van der Waals surface area (Å²) in [7, 11) is 0. The van der Waals surface area contributed by atoms with Crippen LogP contribution in [0.4, 0.5) is 5.69 Å². The van der Waals surface area contributed by atoms with Gasteiger partial charge >= 0.3 is 0 Å². The lowest BCUT2D eigenvalue weighted by Crippen LogP contribution is -2.47. The van der Waals surface area contributed by atoms with Crippen LogP contribution in [-0.4, -0.2) is 37.1 Å². The Labute approximate surface area is 112 Å². The van der Waals surface area contributed by atoms with Crippen molar-refractivity contribution in [3.63, 3.8) is 0 Å². The van der Waals surface area contributed by atoms with Crippen LogP contribution in [-0.2, 0) is 5.33 Å². The van der Waals surface area contributed by atoms with Gasteiger partial charge in [-0.05, 0) is 24.5 Å². The van der Waals surface area contributed by atoms with E-state index >= 15 is 0 Å². The van der Waals surface area contributed by atoms with Crippen LogP contribution in [0.5, 0.6) is 0 Å². The summed E-state index contributed by atoms with van der Waals surface area (Å²) in [5, 5.41) is 0.950. The summed E-state index contributed by atoms with van der Waals surface area (Å²) in [5.41, 5.74) is 2.83. The molecule has 0 aromatic heterocycles. The average molecular weight is 295 g/mol. The van der Waals surface area contributed by atoms with Crippen LogP contribution in [0.15, 0.2) is 24.3 Å². The Bertz CT molecular complexity index is 382. The molecule has 1 aromatic rings. The van der Waals surface area contributed by atoms with Gasteiger partial charge in [-0.3, -0.25) is 4.90 Å². The molecular formula is C14H19BrN2. The predicted octanol–water partition coefficient (Wildman–Crippen LogP) is 2.87. The Morgan fingerprint density at radius 1 is 1.06 bits per heavy atom. The molecule has 0 unspecified atom stereocenters. The van der Waals surface area contributed by atoms with Crippen LogP contribution in [0.2, 0.25) is 0 Å². The first-order chi connectivity index (χ1) is 8.38. The zero-order valence-corrected chi connectivity index (χ0v) is 11.7. The molecular weight excluding hydrogens is 276 g/mol. The van der Waals surface area contributed by atoms with E-state index in [0.717, 1.165) is 11.4 Å². The summed E-state index contributed by atoms with van der Waals surface area (Å²) in [6, 6.07) is 9.67. The zero-order chi connectivity index (χ0) is 11.7. The smallest absolute Gasteiger partial charge is 0.0408 e. The van der Waals surface area contributed by atoms with Gasteiger partial charge in [0.2, 0.25) is 0 Å². The molecule has 1 aliphatic heterocycles. The first-order valence-corrected chi connectivity index (χ1v) is 7.63. The lowest BCUT2D eigenvalue weighted by molar-refractivity contribution is 0.248. The maximum atomic E-state index is 3.58. The molecule has 1 saturated carbocycles. The van der Waals surface area contributed by atoms with Crippen molar-refractivity contribution in [2.24, 2.45) is 0 Å². The predicted molar refractivity (Wildman–Crippen MR) is 75.9 cm³/mol. The van der Waals surface area contributed by atoms with E-state index in [0.29, 0.717) is 0 Å². The van der Waals surface area contributed by atoms with Gasteiger partial charge in [0.05, 0.1) is 0 Å². The molecule has 2 nitrogen and oxygen atoms in total. The minimum absolute atomic E-state index is 0.920. The van der Waals surface area contributed by atoms with Crippen molar-refractivity contribution < 1.29 is 0 Å². The third-order valence-corrected chi connectivity index (χ3v) is 4.46. The van der Waals surface area contributed by atoms with E-state index in [1.807, 2.05) is 0 Å². The van der Waals surface area contributed by atoms with Crippen molar-refractivity contribution in [3.05, 3.63) is 29.8 Å². The molecule has 1 saturated heterocycles. The summed E-state index contributed by atoms with van der Waals surface area (Å²) < 4.78 is 0. The molecule has 92 valence electrons. The second kappa shape index (κ2) is 4.99. The lowest BCUT2D eigenvalue weighted by Gasteiger charge is -2.37. The molecule has 1 heterocycles. The quantitative estimate of drug-likeness (QED) is 0.791. The Morgan fingerprint density at radius 2 is 1.76 bits per heavy atom. The summed E-state index contributed by atoms with van der Waals surface area (Å²) in [6.45, 7) is 4.84. The van der Waals surface area contributed by atoms with E-state index < -0.39 is 0 Å². The van der Waals surface area contributed by atoms with Crippen LogP contribution in [0.3, 0.4) is 0 Å². The molecule has 1 aromatic carbocycles. The second-order valence-electron chi connectivity index (χ2n) is 5.02. The lowest BCUT2D eigenvalue weighted by atomic mass is 10.1. The van der Waals surface area contributed by atoms with Crippen LogP contribution < -0.4 is 4.90 Å². The van der Waals surface area contributed by atoms with E-state index in [1.54, 1.807) is 0 Å². The Hall–Kier alpha value is -0.540. The van der Waals surface area contributed by atoms with Crippen molar-refractivity contribution in [1.29, 1.82) is 0 Å². The maximum Gasteiger partial charge on any atom is 0.0408 e. The van der Waals surface area contributed by atoms with Crippen molar-refractivity contribution in [2.45, 2.75) is 24.2 Å².